The van der Waals surface area contributed by atoms with E-state index < -0.39 is 16.0 Å². The van der Waals surface area contributed by atoms with Crippen LogP contribution in [0.25, 0.3) is 17.3 Å². The number of aryl methyl sites for hydroxylation is 1. The zero-order valence-electron chi connectivity index (χ0n) is 15.0. The second kappa shape index (κ2) is 8.73. The van der Waals surface area contributed by atoms with Gasteiger partial charge < -0.3 is 4.74 Å². The maximum Gasteiger partial charge on any atom is 0.330 e. The van der Waals surface area contributed by atoms with Crippen molar-refractivity contribution in [2.24, 2.45) is 0 Å². The number of rotatable bonds is 7. The first-order chi connectivity index (χ1) is 12.4. The van der Waals surface area contributed by atoms with Crippen LogP contribution in [0.3, 0.4) is 0 Å². The van der Waals surface area contributed by atoms with Gasteiger partial charge in [0, 0.05) is 11.6 Å². The van der Waals surface area contributed by atoms with Crippen molar-refractivity contribution < 1.29 is 17.9 Å². The number of carbonyl (C=O) groups is 1. The Bertz CT molecular complexity index is 921. The van der Waals surface area contributed by atoms with Crippen LogP contribution in [-0.4, -0.2) is 33.0 Å². The zero-order chi connectivity index (χ0) is 19.2. The minimum atomic E-state index is -3.50. The monoisotopic (exact) mass is 374 g/mol. The lowest BCUT2D eigenvalue weighted by Gasteiger charge is -2.11. The molecule has 0 aliphatic heterocycles. The van der Waals surface area contributed by atoms with E-state index in [0.717, 1.165) is 5.56 Å². The van der Waals surface area contributed by atoms with Crippen LogP contribution in [0.5, 0.6) is 0 Å². The summed E-state index contributed by atoms with van der Waals surface area (Å²) in [5.41, 5.74) is 2.83. The molecule has 2 aromatic rings. The molecule has 0 amide bonds. The Morgan fingerprint density at radius 3 is 2.65 bits per heavy atom. The van der Waals surface area contributed by atoms with Gasteiger partial charge in [-0.2, -0.15) is 0 Å². The number of sulfonamides is 1. The van der Waals surface area contributed by atoms with Crippen molar-refractivity contribution in [3.05, 3.63) is 53.7 Å². The molecule has 0 unspecified atom stereocenters. The van der Waals surface area contributed by atoms with Gasteiger partial charge in [-0.15, -0.1) is 0 Å². The van der Waals surface area contributed by atoms with Gasteiger partial charge in [0.05, 0.1) is 22.9 Å². The molecule has 1 heterocycles. The van der Waals surface area contributed by atoms with Crippen LogP contribution in [0.1, 0.15) is 25.1 Å². The summed E-state index contributed by atoms with van der Waals surface area (Å²) in [5.74, 6) is -0.422. The average Bonchev–Trinajstić information content (AvgIpc) is 2.66. The summed E-state index contributed by atoms with van der Waals surface area (Å²) in [7, 11) is -2.11. The molecule has 6 nitrogen and oxygen atoms in total. The first-order valence-electron chi connectivity index (χ1n) is 8.30. The Kier molecular flexibility index (Phi) is 6.65. The van der Waals surface area contributed by atoms with E-state index in [1.54, 1.807) is 31.2 Å². The maximum atomic E-state index is 12.1. The molecule has 0 fully saturated rings. The Balaban J connectivity index is 2.37. The van der Waals surface area contributed by atoms with E-state index in [1.165, 1.54) is 13.1 Å². The molecule has 0 bridgehead atoms. The molecule has 138 valence electrons. The Hall–Kier alpha value is -2.51. The molecule has 2 rings (SSSR count). The second-order valence-corrected chi connectivity index (χ2v) is 7.27. The van der Waals surface area contributed by atoms with Crippen LogP contribution in [0.2, 0.25) is 0 Å². The van der Waals surface area contributed by atoms with Crippen molar-refractivity contribution in [3.63, 3.8) is 0 Å². The molecular weight excluding hydrogens is 352 g/mol. The van der Waals surface area contributed by atoms with Crippen molar-refractivity contribution in [2.75, 3.05) is 13.7 Å². The van der Waals surface area contributed by atoms with Crippen LogP contribution >= 0.6 is 0 Å². The molecule has 1 aromatic heterocycles. The molecule has 1 N–H and O–H groups in total. The van der Waals surface area contributed by atoms with E-state index in [4.69, 9.17) is 4.74 Å². The number of hydrogen-bond acceptors (Lipinski definition) is 5. The summed E-state index contributed by atoms with van der Waals surface area (Å²) in [5, 5.41) is 0. The van der Waals surface area contributed by atoms with Gasteiger partial charge in [-0.05, 0) is 56.3 Å². The number of benzene rings is 1. The molecule has 0 saturated heterocycles. The fourth-order valence-electron chi connectivity index (χ4n) is 2.44. The highest BCUT2D eigenvalue weighted by atomic mass is 32.2. The summed E-state index contributed by atoms with van der Waals surface area (Å²) in [4.78, 5) is 16.2. The van der Waals surface area contributed by atoms with E-state index in [2.05, 4.69) is 9.71 Å². The molecule has 0 atom stereocenters. The van der Waals surface area contributed by atoms with E-state index in [9.17, 15) is 13.2 Å². The third kappa shape index (κ3) is 4.77. The molecule has 26 heavy (non-hydrogen) atoms. The van der Waals surface area contributed by atoms with Gasteiger partial charge in [-0.1, -0.05) is 19.1 Å². The number of pyridine rings is 1. The van der Waals surface area contributed by atoms with E-state index in [0.29, 0.717) is 30.0 Å². The standard InChI is InChI=1S/C19H22N2O4S/c1-4-14-13-15(9-11-18(14)26(23,24)20-3)17-8-6-7-16(21-17)10-12-19(22)25-5-2/h6-13,20H,4-5H2,1-3H3/b12-10+. The average molecular weight is 374 g/mol. The normalized spacial score (nSPS) is 11.7. The van der Waals surface area contributed by atoms with Gasteiger partial charge in [-0.3, -0.25) is 0 Å². The van der Waals surface area contributed by atoms with Gasteiger partial charge in [-0.25, -0.2) is 22.9 Å². The molecule has 0 aliphatic carbocycles. The first-order valence-corrected chi connectivity index (χ1v) is 9.78. The number of aromatic nitrogens is 1. The molecule has 7 heteroatoms. The van der Waals surface area contributed by atoms with Crippen molar-refractivity contribution in [2.45, 2.75) is 25.2 Å². The predicted octanol–water partition coefficient (Wildman–Crippen LogP) is 2.80. The highest BCUT2D eigenvalue weighted by Crippen LogP contribution is 2.24. The van der Waals surface area contributed by atoms with Crippen LogP contribution in [0, 0.1) is 0 Å². The molecule has 0 spiro atoms. The van der Waals surface area contributed by atoms with Crippen LogP contribution in [0.15, 0.2) is 47.4 Å². The lowest BCUT2D eigenvalue weighted by molar-refractivity contribution is -0.137. The van der Waals surface area contributed by atoms with Gasteiger partial charge in [0.2, 0.25) is 10.0 Å². The highest BCUT2D eigenvalue weighted by molar-refractivity contribution is 7.89. The number of nitrogens with zero attached hydrogens (tertiary/aromatic N) is 1. The molecule has 1 aromatic carbocycles. The number of ether oxygens (including phenoxy) is 1. The minimum Gasteiger partial charge on any atom is -0.463 e. The van der Waals surface area contributed by atoms with Crippen molar-refractivity contribution in [1.82, 2.24) is 9.71 Å². The van der Waals surface area contributed by atoms with Crippen molar-refractivity contribution in [3.8, 4) is 11.3 Å². The quantitative estimate of drug-likeness (QED) is 0.595. The van der Waals surface area contributed by atoms with Crippen molar-refractivity contribution >= 4 is 22.1 Å². The second-order valence-electron chi connectivity index (χ2n) is 5.42. The largest absolute Gasteiger partial charge is 0.463 e. The number of esters is 1. The number of nitrogens with one attached hydrogen (secondary N) is 1. The van der Waals surface area contributed by atoms with Crippen LogP contribution in [0.4, 0.5) is 0 Å². The Morgan fingerprint density at radius 2 is 2.00 bits per heavy atom. The number of carbonyl (C=O) groups excluding carboxylic acids is 1. The first kappa shape index (κ1) is 19.8. The fourth-order valence-corrected chi connectivity index (χ4v) is 3.45. The minimum absolute atomic E-state index is 0.268. The SMILES string of the molecule is CCOC(=O)/C=C/c1cccc(-c2ccc(S(=O)(=O)NC)c(CC)c2)n1. The highest BCUT2D eigenvalue weighted by Gasteiger charge is 2.16. The van der Waals surface area contributed by atoms with Gasteiger partial charge in [0.25, 0.3) is 0 Å². The molecule has 0 radical (unpaired) electrons. The lowest BCUT2D eigenvalue weighted by Crippen LogP contribution is -2.20. The fraction of sp³-hybridized carbons (Fsp3) is 0.263. The summed E-state index contributed by atoms with van der Waals surface area (Å²) >= 11 is 0. The van der Waals surface area contributed by atoms with Gasteiger partial charge in [0.1, 0.15) is 0 Å². The van der Waals surface area contributed by atoms with Gasteiger partial charge >= 0.3 is 5.97 Å². The maximum absolute atomic E-state index is 12.1. The lowest BCUT2D eigenvalue weighted by atomic mass is 10.1. The summed E-state index contributed by atoms with van der Waals surface area (Å²) in [6.45, 7) is 3.96. The third-order valence-electron chi connectivity index (χ3n) is 3.74. The number of hydrogen-bond donors (Lipinski definition) is 1. The smallest absolute Gasteiger partial charge is 0.330 e. The van der Waals surface area contributed by atoms with E-state index >= 15 is 0 Å². The predicted molar refractivity (Wildman–Crippen MR) is 101 cm³/mol. The zero-order valence-corrected chi connectivity index (χ0v) is 15.8. The van der Waals surface area contributed by atoms with Crippen LogP contribution < -0.4 is 4.72 Å². The van der Waals surface area contributed by atoms with Crippen LogP contribution in [-0.2, 0) is 26.0 Å². The summed E-state index contributed by atoms with van der Waals surface area (Å²) in [6, 6.07) is 10.6. The molecule has 0 saturated carbocycles. The third-order valence-corrected chi connectivity index (χ3v) is 5.26. The van der Waals surface area contributed by atoms with Gasteiger partial charge in [0.15, 0.2) is 0 Å². The molecular formula is C19H22N2O4S. The Labute approximate surface area is 154 Å². The van der Waals surface area contributed by atoms with E-state index in [1.807, 2.05) is 25.1 Å². The Morgan fingerprint density at radius 1 is 1.23 bits per heavy atom. The van der Waals surface area contributed by atoms with Crippen molar-refractivity contribution in [1.29, 1.82) is 0 Å². The van der Waals surface area contributed by atoms with E-state index in [-0.39, 0.29) is 4.90 Å². The molecule has 0 aliphatic rings. The topological polar surface area (TPSA) is 85.4 Å². The summed E-state index contributed by atoms with van der Waals surface area (Å²) < 4.78 is 31.4. The summed E-state index contributed by atoms with van der Waals surface area (Å²) in [6.07, 6.45) is 3.49.